The quantitative estimate of drug-likeness (QED) is 0.453. The zero-order chi connectivity index (χ0) is 22.2. The van der Waals surface area contributed by atoms with E-state index < -0.39 is 0 Å². The molecule has 0 radical (unpaired) electrons. The molecular formula is C24H22N4O4. The van der Waals surface area contributed by atoms with Crippen LogP contribution < -0.4 is 15.0 Å². The van der Waals surface area contributed by atoms with Crippen LogP contribution in [0.15, 0.2) is 59.4 Å². The van der Waals surface area contributed by atoms with Gasteiger partial charge in [-0.2, -0.15) is 0 Å². The van der Waals surface area contributed by atoms with Crippen molar-refractivity contribution in [2.45, 2.75) is 33.0 Å². The van der Waals surface area contributed by atoms with Crippen LogP contribution in [-0.4, -0.2) is 38.1 Å². The van der Waals surface area contributed by atoms with Crippen LogP contribution in [0.3, 0.4) is 0 Å². The molecule has 162 valence electrons. The molecule has 0 fully saturated rings. The Labute approximate surface area is 184 Å². The lowest BCUT2D eigenvalue weighted by Gasteiger charge is -2.27. The Balaban J connectivity index is 1.37. The highest BCUT2D eigenvalue weighted by Gasteiger charge is 2.24. The van der Waals surface area contributed by atoms with E-state index in [4.69, 9.17) is 9.47 Å². The maximum Gasteiger partial charge on any atom is 0.278 e. The summed E-state index contributed by atoms with van der Waals surface area (Å²) in [4.78, 5) is 25.7. The van der Waals surface area contributed by atoms with E-state index in [1.165, 1.54) is 0 Å². The first kappa shape index (κ1) is 20.0. The number of benzene rings is 2. The van der Waals surface area contributed by atoms with Gasteiger partial charge in [0, 0.05) is 17.0 Å². The number of hydrogen-bond donors (Lipinski definition) is 0. The van der Waals surface area contributed by atoms with Gasteiger partial charge in [0.05, 0.1) is 11.9 Å². The number of nitrogens with zero attached hydrogens (tertiary/aromatic N) is 4. The molecule has 2 aromatic carbocycles. The number of hydrogen-bond acceptors (Lipinski definition) is 6. The minimum Gasteiger partial charge on any atom is -0.486 e. The molecule has 0 saturated heterocycles. The number of rotatable bonds is 5. The second-order valence-electron chi connectivity index (χ2n) is 7.89. The number of fused-ring (bicyclic) bond motifs is 2. The lowest BCUT2D eigenvalue weighted by molar-refractivity contribution is 0.0777. The van der Waals surface area contributed by atoms with Crippen molar-refractivity contribution in [2.75, 3.05) is 6.61 Å². The Morgan fingerprint density at radius 1 is 1.09 bits per heavy atom. The van der Waals surface area contributed by atoms with Gasteiger partial charge in [-0.25, -0.2) is 4.68 Å². The van der Waals surface area contributed by atoms with E-state index in [-0.39, 0.29) is 24.0 Å². The monoisotopic (exact) mass is 430 g/mol. The smallest absolute Gasteiger partial charge is 0.278 e. The van der Waals surface area contributed by atoms with Crippen LogP contribution in [0, 0.1) is 13.8 Å². The van der Waals surface area contributed by atoms with Crippen molar-refractivity contribution < 1.29 is 14.3 Å². The molecule has 1 aliphatic rings. The van der Waals surface area contributed by atoms with Crippen LogP contribution in [0.5, 0.6) is 11.5 Å². The van der Waals surface area contributed by atoms with E-state index in [1.54, 1.807) is 24.3 Å². The van der Waals surface area contributed by atoms with Crippen LogP contribution in [-0.2, 0) is 13.1 Å². The fraction of sp³-hybridized carbons (Fsp3) is 0.250. The van der Waals surface area contributed by atoms with E-state index in [1.807, 2.05) is 48.7 Å². The van der Waals surface area contributed by atoms with Crippen molar-refractivity contribution in [1.29, 1.82) is 0 Å². The molecule has 2 aromatic heterocycles. The van der Waals surface area contributed by atoms with Gasteiger partial charge in [-0.15, -0.1) is 5.10 Å². The lowest BCUT2D eigenvalue weighted by atomic mass is 10.1. The summed E-state index contributed by atoms with van der Waals surface area (Å²) < 4.78 is 15.0. The molecule has 1 aliphatic heterocycles. The Morgan fingerprint density at radius 3 is 2.69 bits per heavy atom. The summed E-state index contributed by atoms with van der Waals surface area (Å²) in [6.07, 6.45) is -0.174. The molecular weight excluding hydrogens is 408 g/mol. The minimum absolute atomic E-state index is 0.169. The minimum atomic E-state index is -0.329. The van der Waals surface area contributed by atoms with Crippen LogP contribution in [0.1, 0.15) is 21.7 Å². The van der Waals surface area contributed by atoms with E-state index in [0.717, 1.165) is 27.6 Å². The number of carbonyl (C=O) groups is 1. The number of ketones is 1. The molecule has 0 N–H and O–H groups in total. The predicted molar refractivity (Wildman–Crippen MR) is 118 cm³/mol. The van der Waals surface area contributed by atoms with Gasteiger partial charge in [0.25, 0.3) is 5.56 Å². The predicted octanol–water partition coefficient (Wildman–Crippen LogP) is 2.93. The number of carbonyl (C=O) groups excluding carboxylic acids is 1. The standard InChI is InChI=1S/C24H22N4O4/c1-15-11-19(21(29)13-28-24(30)18-7-3-4-8-20(18)25-26-28)16(2)27(15)12-17-14-31-22-9-5-6-10-23(22)32-17/h3-11,17H,12-14H2,1-2H3/t17-/m1/s1. The lowest BCUT2D eigenvalue weighted by Crippen LogP contribution is -2.33. The van der Waals surface area contributed by atoms with Gasteiger partial charge in [-0.05, 0) is 44.2 Å². The molecule has 0 saturated carbocycles. The maximum absolute atomic E-state index is 13.0. The van der Waals surface area contributed by atoms with E-state index in [0.29, 0.717) is 29.6 Å². The third kappa shape index (κ3) is 3.53. The normalized spacial score (nSPS) is 15.1. The number of ether oxygens (including phenoxy) is 2. The van der Waals surface area contributed by atoms with Crippen molar-refractivity contribution in [3.8, 4) is 11.5 Å². The average Bonchev–Trinajstić information content (AvgIpc) is 3.09. The first-order chi connectivity index (χ1) is 15.5. The second-order valence-corrected chi connectivity index (χ2v) is 7.89. The van der Waals surface area contributed by atoms with Crippen molar-refractivity contribution >= 4 is 16.7 Å². The summed E-state index contributed by atoms with van der Waals surface area (Å²) in [7, 11) is 0. The van der Waals surface area contributed by atoms with Gasteiger partial charge in [-0.1, -0.05) is 29.5 Å². The van der Waals surface area contributed by atoms with Crippen molar-refractivity contribution in [3.05, 3.63) is 81.9 Å². The molecule has 4 aromatic rings. The van der Waals surface area contributed by atoms with Crippen molar-refractivity contribution in [1.82, 2.24) is 19.6 Å². The topological polar surface area (TPSA) is 88.2 Å². The van der Waals surface area contributed by atoms with Gasteiger partial charge in [0.2, 0.25) is 0 Å². The first-order valence-corrected chi connectivity index (χ1v) is 10.4. The highest BCUT2D eigenvalue weighted by Crippen LogP contribution is 2.31. The van der Waals surface area contributed by atoms with Crippen LogP contribution in [0.4, 0.5) is 0 Å². The first-order valence-electron chi connectivity index (χ1n) is 10.4. The van der Waals surface area contributed by atoms with Crippen LogP contribution in [0.2, 0.25) is 0 Å². The van der Waals surface area contributed by atoms with E-state index >= 15 is 0 Å². The van der Waals surface area contributed by atoms with Gasteiger partial charge >= 0.3 is 0 Å². The third-order valence-electron chi connectivity index (χ3n) is 5.75. The zero-order valence-corrected chi connectivity index (χ0v) is 17.8. The maximum atomic E-state index is 13.0. The van der Waals surface area contributed by atoms with Gasteiger partial charge in [0.1, 0.15) is 18.7 Å². The molecule has 32 heavy (non-hydrogen) atoms. The largest absolute Gasteiger partial charge is 0.486 e. The molecule has 1 atom stereocenters. The molecule has 0 unspecified atom stereocenters. The number of aryl methyl sites for hydroxylation is 1. The third-order valence-corrected chi connectivity index (χ3v) is 5.75. The molecule has 3 heterocycles. The van der Waals surface area contributed by atoms with Crippen molar-refractivity contribution in [3.63, 3.8) is 0 Å². The molecule has 0 aliphatic carbocycles. The number of aromatic nitrogens is 4. The molecule has 0 bridgehead atoms. The average molecular weight is 430 g/mol. The Morgan fingerprint density at radius 2 is 1.84 bits per heavy atom. The SMILES string of the molecule is Cc1cc(C(=O)Cn2nnc3ccccc3c2=O)c(C)n1C[C@@H]1COc2ccccc2O1. The second kappa shape index (κ2) is 7.96. The van der Waals surface area contributed by atoms with Gasteiger partial charge in [0.15, 0.2) is 23.4 Å². The van der Waals surface area contributed by atoms with Gasteiger partial charge in [-0.3, -0.25) is 9.59 Å². The molecule has 0 spiro atoms. The van der Waals surface area contributed by atoms with Gasteiger partial charge < -0.3 is 14.0 Å². The summed E-state index contributed by atoms with van der Waals surface area (Å²) in [6, 6.07) is 16.4. The highest BCUT2D eigenvalue weighted by atomic mass is 16.6. The summed E-state index contributed by atoms with van der Waals surface area (Å²) in [5.41, 5.74) is 2.49. The summed E-state index contributed by atoms with van der Waals surface area (Å²) in [5, 5.41) is 8.43. The number of Topliss-reactive ketones (excluding diaryl/α,β-unsaturated/α-hetero) is 1. The highest BCUT2D eigenvalue weighted by molar-refractivity contribution is 5.97. The molecule has 8 heteroatoms. The van der Waals surface area contributed by atoms with E-state index in [2.05, 4.69) is 10.3 Å². The van der Waals surface area contributed by atoms with Crippen LogP contribution >= 0.6 is 0 Å². The Hall–Kier alpha value is -3.94. The molecule has 0 amide bonds. The van der Waals surface area contributed by atoms with Crippen molar-refractivity contribution in [2.24, 2.45) is 0 Å². The number of para-hydroxylation sites is 2. The Kier molecular flexibility index (Phi) is 4.97. The van der Waals surface area contributed by atoms with Crippen LogP contribution in [0.25, 0.3) is 10.9 Å². The summed E-state index contributed by atoms with van der Waals surface area (Å²) >= 11 is 0. The molecule has 5 rings (SSSR count). The molecule has 8 nitrogen and oxygen atoms in total. The summed E-state index contributed by atoms with van der Waals surface area (Å²) in [6.45, 7) is 4.65. The van der Waals surface area contributed by atoms with E-state index in [9.17, 15) is 9.59 Å². The zero-order valence-electron chi connectivity index (χ0n) is 17.8. The fourth-order valence-corrected chi connectivity index (χ4v) is 4.07. The fourth-order valence-electron chi connectivity index (χ4n) is 4.07. The summed E-state index contributed by atoms with van der Waals surface area (Å²) in [5.74, 6) is 1.27. The Bertz CT molecular complexity index is 1390.